The first kappa shape index (κ1) is 24.0. The summed E-state index contributed by atoms with van der Waals surface area (Å²) in [7, 11) is -3.65. The zero-order valence-corrected chi connectivity index (χ0v) is 21.1. The molecular weight excluding hydrogens is 508 g/mol. The van der Waals surface area contributed by atoms with Gasteiger partial charge in [0.2, 0.25) is 21.8 Å². The van der Waals surface area contributed by atoms with E-state index >= 15 is 0 Å². The van der Waals surface area contributed by atoms with Gasteiger partial charge in [-0.3, -0.25) is 19.2 Å². The smallest absolute Gasteiger partial charge is 0.408 e. The van der Waals surface area contributed by atoms with E-state index in [1.54, 1.807) is 6.07 Å². The topological polar surface area (TPSA) is 145 Å². The molecule has 0 spiro atoms. The second kappa shape index (κ2) is 8.32. The van der Waals surface area contributed by atoms with E-state index in [1.807, 2.05) is 12.1 Å². The summed E-state index contributed by atoms with van der Waals surface area (Å²) in [6.07, 6.45) is 2.70. The molecule has 0 radical (unpaired) electrons. The van der Waals surface area contributed by atoms with Crippen LogP contribution >= 0.6 is 11.6 Å². The van der Waals surface area contributed by atoms with Gasteiger partial charge in [-0.1, -0.05) is 23.7 Å². The van der Waals surface area contributed by atoms with Crippen LogP contribution in [0, 0.1) is 17.3 Å². The Labute approximate surface area is 214 Å². The van der Waals surface area contributed by atoms with Crippen molar-refractivity contribution in [2.75, 3.05) is 6.54 Å². The van der Waals surface area contributed by atoms with Crippen LogP contribution in [0.25, 0.3) is 0 Å². The minimum Gasteiger partial charge on any atom is -0.465 e. The number of amides is 3. The number of carbonyl (C=O) groups is 3. The highest BCUT2D eigenvalue weighted by molar-refractivity contribution is 7.90. The van der Waals surface area contributed by atoms with E-state index in [9.17, 15) is 27.9 Å². The molecule has 3 unspecified atom stereocenters. The maximum atomic E-state index is 13.2. The van der Waals surface area contributed by atoms with Crippen LogP contribution in [-0.2, 0) is 26.2 Å². The summed E-state index contributed by atoms with van der Waals surface area (Å²) in [6, 6.07) is 4.14. The van der Waals surface area contributed by atoms with Gasteiger partial charge in [-0.2, -0.15) is 0 Å². The van der Waals surface area contributed by atoms with Crippen LogP contribution in [0.5, 0.6) is 0 Å². The first-order valence-electron chi connectivity index (χ1n) is 12.5. The Bertz CT molecular complexity index is 1250. The third-order valence-electron chi connectivity index (χ3n) is 8.56. The molecule has 2 aliphatic heterocycles. The van der Waals surface area contributed by atoms with Crippen molar-refractivity contribution >= 4 is 39.5 Å². The number of hydrogen-bond donors (Lipinski definition) is 4. The quantitative estimate of drug-likeness (QED) is 0.415. The van der Waals surface area contributed by atoms with Gasteiger partial charge >= 0.3 is 6.09 Å². The number of sulfonamides is 1. The molecule has 1 aromatic carbocycles. The summed E-state index contributed by atoms with van der Waals surface area (Å²) >= 11 is 6.33. The fourth-order valence-corrected chi connectivity index (χ4v) is 7.87. The molecule has 6 rings (SSSR count). The van der Waals surface area contributed by atoms with Crippen LogP contribution < -0.4 is 15.4 Å². The number of rotatable bonds is 7. The minimum atomic E-state index is -3.65. The molecule has 0 aromatic heterocycles. The summed E-state index contributed by atoms with van der Waals surface area (Å²) in [6.45, 7) is 0.685. The van der Waals surface area contributed by atoms with Crippen LogP contribution in [0.15, 0.2) is 18.2 Å². The Kier molecular flexibility index (Phi) is 5.55. The number of halogens is 1. The van der Waals surface area contributed by atoms with Crippen LogP contribution in [0.2, 0.25) is 5.02 Å². The molecule has 0 bridgehead atoms. The number of fused-ring (bicyclic) bond motifs is 1. The number of nitrogens with zero attached hydrogens (tertiary/aromatic N) is 1. The second-order valence-electron chi connectivity index (χ2n) is 10.9. The first-order valence-corrected chi connectivity index (χ1v) is 14.4. The van der Waals surface area contributed by atoms with Gasteiger partial charge < -0.3 is 15.7 Å². The molecule has 4 fully saturated rings. The van der Waals surface area contributed by atoms with Crippen molar-refractivity contribution in [1.29, 1.82) is 0 Å². The lowest BCUT2D eigenvalue weighted by molar-refractivity contribution is -0.126. The minimum absolute atomic E-state index is 0.0883. The number of benzene rings is 1. The standard InChI is InChI=1S/C24H29ClN4O6S/c25-17-3-1-2-15-16(17)11-29(23(32)33)20(15)12-8-18(26-10-12)21(30)27-19-9-24(19,13-4-5-13)22(31)28-36(34,35)14-6-7-14/h1-3,12-14,18-20,26H,4-11H2,(H,27,30)(H,28,31)(H,32,33)/t12-,18+,19?,20?,24?/m1/s1. The normalized spacial score (nSPS) is 33.2. The van der Waals surface area contributed by atoms with Crippen LogP contribution in [0.4, 0.5) is 4.79 Å². The zero-order valence-electron chi connectivity index (χ0n) is 19.6. The van der Waals surface area contributed by atoms with Crippen molar-refractivity contribution in [1.82, 2.24) is 20.3 Å². The molecule has 1 aromatic rings. The van der Waals surface area contributed by atoms with Gasteiger partial charge in [-0.25, -0.2) is 13.2 Å². The highest BCUT2D eigenvalue weighted by Crippen LogP contribution is 2.61. The predicted octanol–water partition coefficient (Wildman–Crippen LogP) is 1.75. The summed E-state index contributed by atoms with van der Waals surface area (Å²) in [5.74, 6) is -0.758. The van der Waals surface area contributed by atoms with Crippen LogP contribution in [0.1, 0.15) is 55.7 Å². The Balaban J connectivity index is 1.12. The molecule has 5 atom stereocenters. The number of carboxylic acid groups (broad SMARTS) is 1. The lowest BCUT2D eigenvalue weighted by Crippen LogP contribution is -2.46. The van der Waals surface area contributed by atoms with Gasteiger partial charge in [0.25, 0.3) is 0 Å². The van der Waals surface area contributed by atoms with Crippen molar-refractivity contribution in [3.63, 3.8) is 0 Å². The molecular formula is C24H29ClN4O6S. The average Bonchev–Trinajstić information content (AvgIpc) is 3.71. The van der Waals surface area contributed by atoms with Gasteiger partial charge in [-0.05, 0) is 67.6 Å². The van der Waals surface area contributed by atoms with E-state index in [0.717, 1.165) is 24.0 Å². The van der Waals surface area contributed by atoms with Crippen molar-refractivity contribution in [2.45, 2.75) is 68.4 Å². The second-order valence-corrected chi connectivity index (χ2v) is 13.2. The summed E-state index contributed by atoms with van der Waals surface area (Å²) in [5, 5.41) is 16.1. The molecule has 194 valence electrons. The molecule has 36 heavy (non-hydrogen) atoms. The van der Waals surface area contributed by atoms with E-state index in [1.165, 1.54) is 4.90 Å². The lowest BCUT2D eigenvalue weighted by Gasteiger charge is -2.27. The summed E-state index contributed by atoms with van der Waals surface area (Å²) in [5.41, 5.74) is 0.830. The van der Waals surface area contributed by atoms with Gasteiger partial charge in [0.15, 0.2) is 0 Å². The molecule has 12 heteroatoms. The Hall–Kier alpha value is -2.37. The monoisotopic (exact) mass is 536 g/mol. The number of carbonyl (C=O) groups excluding carboxylic acids is 2. The van der Waals surface area contributed by atoms with Crippen LogP contribution in [0.3, 0.4) is 0 Å². The SMILES string of the molecule is O=C(NC1CC1(C(=O)NS(=O)(=O)C1CC1)C1CC1)[C@@H]1C[C@@H](C2c3cccc(Cl)c3CN2C(=O)O)CN1. The molecule has 5 aliphatic rings. The molecule has 4 N–H and O–H groups in total. The molecule has 3 saturated carbocycles. The van der Waals surface area contributed by atoms with E-state index in [2.05, 4.69) is 15.4 Å². The average molecular weight is 537 g/mol. The van der Waals surface area contributed by atoms with E-state index in [4.69, 9.17) is 11.6 Å². The van der Waals surface area contributed by atoms with E-state index in [0.29, 0.717) is 37.3 Å². The van der Waals surface area contributed by atoms with Gasteiger partial charge in [0.1, 0.15) is 0 Å². The van der Waals surface area contributed by atoms with Crippen molar-refractivity contribution in [3.05, 3.63) is 34.3 Å². The maximum Gasteiger partial charge on any atom is 0.408 e. The number of nitrogens with one attached hydrogen (secondary N) is 3. The molecule has 3 amide bonds. The Morgan fingerprint density at radius 2 is 1.92 bits per heavy atom. The number of hydrogen-bond acceptors (Lipinski definition) is 6. The summed E-state index contributed by atoms with van der Waals surface area (Å²) in [4.78, 5) is 39.5. The van der Waals surface area contributed by atoms with Crippen molar-refractivity contribution in [3.8, 4) is 0 Å². The van der Waals surface area contributed by atoms with E-state index in [-0.39, 0.29) is 24.3 Å². The Morgan fingerprint density at radius 3 is 2.58 bits per heavy atom. The highest BCUT2D eigenvalue weighted by atomic mass is 35.5. The zero-order chi connectivity index (χ0) is 25.4. The maximum absolute atomic E-state index is 13.2. The lowest BCUT2D eigenvalue weighted by atomic mass is 9.90. The fraction of sp³-hybridized carbons (Fsp3) is 0.625. The molecule has 10 nitrogen and oxygen atoms in total. The van der Waals surface area contributed by atoms with Crippen molar-refractivity contribution in [2.24, 2.45) is 17.3 Å². The third kappa shape index (κ3) is 3.95. The molecule has 1 saturated heterocycles. The first-order chi connectivity index (χ1) is 17.1. The van der Waals surface area contributed by atoms with Gasteiger partial charge in [0.05, 0.1) is 29.3 Å². The van der Waals surface area contributed by atoms with Crippen molar-refractivity contribution < 1.29 is 27.9 Å². The predicted molar refractivity (Wildman–Crippen MR) is 129 cm³/mol. The third-order valence-corrected chi connectivity index (χ3v) is 10.7. The van der Waals surface area contributed by atoms with Gasteiger partial charge in [0, 0.05) is 17.6 Å². The van der Waals surface area contributed by atoms with E-state index < -0.39 is 50.8 Å². The fourth-order valence-electron chi connectivity index (χ4n) is 6.26. The molecule has 2 heterocycles. The molecule has 3 aliphatic carbocycles. The van der Waals surface area contributed by atoms with Gasteiger partial charge in [-0.15, -0.1) is 0 Å². The summed E-state index contributed by atoms with van der Waals surface area (Å²) < 4.78 is 26.9. The highest BCUT2D eigenvalue weighted by Gasteiger charge is 2.68. The Morgan fingerprint density at radius 1 is 1.17 bits per heavy atom. The van der Waals surface area contributed by atoms with Crippen LogP contribution in [-0.4, -0.2) is 60.2 Å². The largest absolute Gasteiger partial charge is 0.465 e.